The zero-order valence-corrected chi connectivity index (χ0v) is 18.6. The lowest BCUT2D eigenvalue weighted by atomic mass is 9.94. The van der Waals surface area contributed by atoms with Crippen LogP contribution in [-0.4, -0.2) is 4.57 Å². The van der Waals surface area contributed by atoms with Crippen molar-refractivity contribution in [1.29, 1.82) is 0 Å². The van der Waals surface area contributed by atoms with Gasteiger partial charge in [-0.25, -0.2) is 0 Å². The third-order valence-corrected chi connectivity index (χ3v) is 7.04. The van der Waals surface area contributed by atoms with Gasteiger partial charge < -0.3 is 4.57 Å². The van der Waals surface area contributed by atoms with Crippen LogP contribution in [0.25, 0.3) is 44.1 Å². The van der Waals surface area contributed by atoms with Crippen molar-refractivity contribution >= 4 is 21.8 Å². The first-order valence-corrected chi connectivity index (χ1v) is 11.3. The van der Waals surface area contributed by atoms with Gasteiger partial charge >= 0.3 is 0 Å². The number of hydrogen-bond donors (Lipinski definition) is 0. The summed E-state index contributed by atoms with van der Waals surface area (Å²) in [5.74, 6) is 0. The van der Waals surface area contributed by atoms with Gasteiger partial charge in [-0.15, -0.1) is 0 Å². The van der Waals surface area contributed by atoms with Crippen LogP contribution in [0.3, 0.4) is 0 Å². The second-order valence-corrected chi connectivity index (χ2v) is 8.74. The van der Waals surface area contributed by atoms with E-state index in [1.54, 1.807) is 0 Å². The van der Waals surface area contributed by atoms with E-state index in [1.807, 2.05) is 0 Å². The first kappa shape index (κ1) is 19.6. The highest BCUT2D eigenvalue weighted by Gasteiger charge is 2.26. The van der Waals surface area contributed by atoms with Crippen molar-refractivity contribution in [2.75, 3.05) is 0 Å². The number of hydrogen-bond acceptors (Lipinski definition) is 0. The Labute approximate surface area is 185 Å². The molecule has 0 atom stereocenters. The standard InChI is InChI=1S/C30H29N/c1-4-30(3,5-2)31-28-18-16-24(22-12-8-6-9-13-22)20-26(28)27-21-25(17-19-29(27)31)23-14-10-7-11-15-23/h6-21H,4-5H2,1-3H3. The van der Waals surface area contributed by atoms with Crippen molar-refractivity contribution in [2.24, 2.45) is 0 Å². The molecule has 1 nitrogen and oxygen atoms in total. The van der Waals surface area contributed by atoms with E-state index in [9.17, 15) is 0 Å². The summed E-state index contributed by atoms with van der Waals surface area (Å²) in [7, 11) is 0. The molecule has 0 saturated carbocycles. The maximum Gasteiger partial charge on any atom is 0.0496 e. The van der Waals surface area contributed by atoms with Crippen LogP contribution in [0.4, 0.5) is 0 Å². The van der Waals surface area contributed by atoms with E-state index in [1.165, 1.54) is 44.1 Å². The number of fused-ring (bicyclic) bond motifs is 3. The number of rotatable bonds is 5. The Morgan fingerprint density at radius 2 is 0.968 bits per heavy atom. The Hall–Kier alpha value is -3.32. The lowest BCUT2D eigenvalue weighted by Gasteiger charge is -2.31. The minimum Gasteiger partial charge on any atom is -0.335 e. The quantitative estimate of drug-likeness (QED) is 0.277. The second kappa shape index (κ2) is 7.74. The molecule has 0 aliphatic rings. The third-order valence-electron chi connectivity index (χ3n) is 7.04. The lowest BCUT2D eigenvalue weighted by molar-refractivity contribution is 0.313. The van der Waals surface area contributed by atoms with Crippen molar-refractivity contribution in [3.8, 4) is 22.3 Å². The molecule has 31 heavy (non-hydrogen) atoms. The van der Waals surface area contributed by atoms with Crippen LogP contribution in [-0.2, 0) is 5.54 Å². The Kier molecular flexibility index (Phi) is 4.90. The van der Waals surface area contributed by atoms with E-state index in [-0.39, 0.29) is 5.54 Å². The number of benzene rings is 4. The van der Waals surface area contributed by atoms with E-state index in [4.69, 9.17) is 0 Å². The minimum atomic E-state index is 0.0858. The number of aromatic nitrogens is 1. The summed E-state index contributed by atoms with van der Waals surface area (Å²) in [5.41, 5.74) is 7.80. The van der Waals surface area contributed by atoms with Crippen molar-refractivity contribution in [2.45, 2.75) is 39.2 Å². The molecular formula is C30H29N. The zero-order chi connectivity index (χ0) is 21.4. The molecule has 0 spiro atoms. The average Bonchev–Trinajstić information content (AvgIpc) is 3.18. The molecule has 1 heteroatoms. The molecule has 0 saturated heterocycles. The fraction of sp³-hybridized carbons (Fsp3) is 0.200. The highest BCUT2D eigenvalue weighted by molar-refractivity contribution is 6.10. The molecule has 154 valence electrons. The highest BCUT2D eigenvalue weighted by Crippen LogP contribution is 2.40. The molecule has 0 radical (unpaired) electrons. The maximum atomic E-state index is 2.58. The van der Waals surface area contributed by atoms with Crippen molar-refractivity contribution < 1.29 is 0 Å². The Morgan fingerprint density at radius 1 is 0.548 bits per heavy atom. The van der Waals surface area contributed by atoms with Gasteiger partial charge in [-0.3, -0.25) is 0 Å². The van der Waals surface area contributed by atoms with Crippen LogP contribution in [0.1, 0.15) is 33.6 Å². The molecule has 0 aliphatic heterocycles. The van der Waals surface area contributed by atoms with Gasteiger partial charge in [-0.05, 0) is 66.3 Å². The molecule has 0 fully saturated rings. The lowest BCUT2D eigenvalue weighted by Crippen LogP contribution is -2.28. The first-order valence-electron chi connectivity index (χ1n) is 11.3. The predicted molar refractivity (Wildman–Crippen MR) is 135 cm³/mol. The Balaban J connectivity index is 1.84. The summed E-state index contributed by atoms with van der Waals surface area (Å²) in [6.45, 7) is 7.00. The third kappa shape index (κ3) is 3.25. The van der Waals surface area contributed by atoms with E-state index in [0.717, 1.165) is 12.8 Å². The summed E-state index contributed by atoms with van der Waals surface area (Å²) in [4.78, 5) is 0. The van der Waals surface area contributed by atoms with Gasteiger partial charge in [0.1, 0.15) is 0 Å². The summed E-state index contributed by atoms with van der Waals surface area (Å²) in [6.07, 6.45) is 2.20. The predicted octanol–water partition coefficient (Wildman–Crippen LogP) is 8.66. The van der Waals surface area contributed by atoms with Crippen molar-refractivity contribution in [3.63, 3.8) is 0 Å². The van der Waals surface area contributed by atoms with E-state index >= 15 is 0 Å². The SMILES string of the molecule is CCC(C)(CC)n1c2ccc(-c3ccccc3)cc2c2cc(-c3ccccc3)ccc21. The summed E-state index contributed by atoms with van der Waals surface area (Å²) in [6, 6.07) is 35.3. The summed E-state index contributed by atoms with van der Waals surface area (Å²) >= 11 is 0. The smallest absolute Gasteiger partial charge is 0.0496 e. The van der Waals surface area contributed by atoms with Crippen LogP contribution in [0.2, 0.25) is 0 Å². The molecule has 0 aliphatic carbocycles. The Morgan fingerprint density at radius 3 is 1.35 bits per heavy atom. The van der Waals surface area contributed by atoms with Crippen LogP contribution in [0.5, 0.6) is 0 Å². The first-order chi connectivity index (χ1) is 15.1. The second-order valence-electron chi connectivity index (χ2n) is 8.74. The topological polar surface area (TPSA) is 4.93 Å². The summed E-state index contributed by atoms with van der Waals surface area (Å²) in [5, 5.41) is 2.67. The molecule has 5 rings (SSSR count). The van der Waals surface area contributed by atoms with Crippen LogP contribution >= 0.6 is 0 Å². The normalized spacial score (nSPS) is 12.0. The maximum absolute atomic E-state index is 2.58. The van der Waals surface area contributed by atoms with Crippen LogP contribution in [0.15, 0.2) is 97.1 Å². The van der Waals surface area contributed by atoms with E-state index < -0.39 is 0 Å². The Bertz CT molecular complexity index is 1240. The van der Waals surface area contributed by atoms with E-state index in [2.05, 4.69) is 122 Å². The van der Waals surface area contributed by atoms with Crippen molar-refractivity contribution in [3.05, 3.63) is 97.1 Å². The van der Waals surface area contributed by atoms with Gasteiger partial charge in [0.05, 0.1) is 0 Å². The summed E-state index contributed by atoms with van der Waals surface area (Å²) < 4.78 is 2.58. The molecule has 0 bridgehead atoms. The minimum absolute atomic E-state index is 0.0858. The van der Waals surface area contributed by atoms with Gasteiger partial charge in [-0.2, -0.15) is 0 Å². The van der Waals surface area contributed by atoms with Gasteiger partial charge in [0.2, 0.25) is 0 Å². The zero-order valence-electron chi connectivity index (χ0n) is 18.6. The molecule has 0 amide bonds. The molecular weight excluding hydrogens is 374 g/mol. The molecule has 1 heterocycles. The van der Waals surface area contributed by atoms with Crippen LogP contribution in [0, 0.1) is 0 Å². The highest BCUT2D eigenvalue weighted by atomic mass is 15.1. The molecule has 5 aromatic rings. The molecule has 0 unspecified atom stereocenters. The molecule has 0 N–H and O–H groups in total. The van der Waals surface area contributed by atoms with Gasteiger partial charge in [-0.1, -0.05) is 86.6 Å². The van der Waals surface area contributed by atoms with Gasteiger partial charge in [0.25, 0.3) is 0 Å². The molecule has 4 aromatic carbocycles. The average molecular weight is 404 g/mol. The van der Waals surface area contributed by atoms with Gasteiger partial charge in [0.15, 0.2) is 0 Å². The monoisotopic (exact) mass is 403 g/mol. The fourth-order valence-corrected chi connectivity index (χ4v) is 4.79. The number of nitrogens with zero attached hydrogens (tertiary/aromatic N) is 1. The van der Waals surface area contributed by atoms with E-state index in [0.29, 0.717) is 0 Å². The van der Waals surface area contributed by atoms with Crippen LogP contribution < -0.4 is 0 Å². The van der Waals surface area contributed by atoms with Gasteiger partial charge in [0, 0.05) is 27.3 Å². The molecule has 1 aromatic heterocycles. The van der Waals surface area contributed by atoms with Crippen molar-refractivity contribution in [1.82, 2.24) is 4.57 Å². The largest absolute Gasteiger partial charge is 0.335 e. The fourth-order valence-electron chi connectivity index (χ4n) is 4.79.